The molecule has 0 heterocycles. The zero-order chi connectivity index (χ0) is 102. The summed E-state index contributed by atoms with van der Waals surface area (Å²) < 4.78 is 0. The number of benzene rings is 4. The molecule has 51 nitrogen and oxygen atoms in total. The molecule has 0 spiro atoms. The number of amides is 16. The van der Waals surface area contributed by atoms with Crippen molar-refractivity contribution in [3.8, 4) is 23.0 Å². The van der Waals surface area contributed by atoms with E-state index < -0.39 is 299 Å². The molecule has 0 bridgehead atoms. The number of hydrogen-bond donors (Lipinski definition) is 32. The predicted octanol–water partition coefficient (Wildman–Crippen LogP) is -9.76. The van der Waals surface area contributed by atoms with E-state index in [9.17, 15) is 142 Å². The number of carbonyl (C=O) groups excluding carboxylic acids is 16. The molecule has 0 aromatic heterocycles. The number of aliphatic hydroxyl groups excluding tert-OH is 4. The van der Waals surface area contributed by atoms with Gasteiger partial charge in [0.2, 0.25) is 94.5 Å². The summed E-state index contributed by atoms with van der Waals surface area (Å²) in [5.41, 5.74) is 18.5. The molecule has 51 heteroatoms. The molecule has 752 valence electrons. The minimum Gasteiger partial charge on any atom is -0.508 e. The van der Waals surface area contributed by atoms with Crippen LogP contribution in [-0.2, 0) is 117 Å². The van der Waals surface area contributed by atoms with Crippen LogP contribution in [0.2, 0.25) is 0 Å². The van der Waals surface area contributed by atoms with Crippen molar-refractivity contribution in [2.75, 3.05) is 52.5 Å². The lowest BCUT2D eigenvalue weighted by atomic mass is 9.97. The van der Waals surface area contributed by atoms with Crippen LogP contribution in [0, 0.1) is 17.2 Å². The van der Waals surface area contributed by atoms with Crippen molar-refractivity contribution in [3.05, 3.63) is 119 Å². The Hall–Kier alpha value is -15.0. The number of guanidine groups is 1. The maximum atomic E-state index is 14.9. The van der Waals surface area contributed by atoms with Crippen molar-refractivity contribution < 1.29 is 147 Å². The number of nitrogens with two attached hydrogens (primary N) is 3. The van der Waals surface area contributed by atoms with E-state index in [1.54, 1.807) is 13.8 Å². The fourth-order valence-corrected chi connectivity index (χ4v) is 13.0. The highest BCUT2D eigenvalue weighted by molar-refractivity contribution is 6.02. The minimum absolute atomic E-state index is 0.0103. The molecule has 0 fully saturated rings. The average molecular weight is 1930 g/mol. The molecule has 137 heavy (non-hydrogen) atoms. The third kappa shape index (κ3) is 41.2. The molecular weight excluding hydrogens is 1810 g/mol. The highest BCUT2D eigenvalue weighted by Crippen LogP contribution is 2.19. The summed E-state index contributed by atoms with van der Waals surface area (Å²) in [4.78, 5) is 259. The van der Waals surface area contributed by atoms with Gasteiger partial charge in [-0.15, -0.1) is 0 Å². The van der Waals surface area contributed by atoms with Gasteiger partial charge in [0, 0.05) is 25.8 Å². The maximum Gasteiger partial charge on any atom is 0.322 e. The van der Waals surface area contributed by atoms with Gasteiger partial charge in [-0.2, -0.15) is 0 Å². The van der Waals surface area contributed by atoms with Gasteiger partial charge in [-0.3, -0.25) is 96.5 Å². The lowest BCUT2D eigenvalue weighted by molar-refractivity contribution is -0.142. The number of phenols is 4. The van der Waals surface area contributed by atoms with Crippen molar-refractivity contribution in [2.24, 2.45) is 29.0 Å². The SMILES string of the molecule is CC[C@H](C)[C@H](NC(=O)[C@@H](N)Cc1ccc(O)cc1)C(=O)N[C@@H](CO)C(=O)N[C@@H](Cc1ccc(O)cc1)C(=O)N[C@@H](CC(=O)O)C(=O)NCC(=O)NCC(=O)N[C@@H](CO)C(=O)N[C@H](C(=O)N[C@@H](Cc1ccc(O)cc1)C(=O)N[C@@H](Cc1ccc(O)cc1)C(=O)N[C@@H](CCCNC(=N)N)C(=O)N[C@@H](CC(=O)O)C(=O)N[C@@H](CO)C(=O)N[C@H](C(=O)N[C@@H](CCCCN)C(=O)NCC(=O)O)C(C)C)[C@@H](C)O. The summed E-state index contributed by atoms with van der Waals surface area (Å²) in [5, 5.41) is 158. The van der Waals surface area contributed by atoms with Crippen LogP contribution in [0.1, 0.15) is 108 Å². The first-order valence-corrected chi connectivity index (χ1v) is 43.3. The average Bonchev–Trinajstić information content (AvgIpc) is 0.813. The Morgan fingerprint density at radius 2 is 0.650 bits per heavy atom. The number of aliphatic carboxylic acids is 3. The van der Waals surface area contributed by atoms with E-state index in [0.29, 0.717) is 24.8 Å². The number of rotatable bonds is 60. The van der Waals surface area contributed by atoms with Gasteiger partial charge >= 0.3 is 17.9 Å². The van der Waals surface area contributed by atoms with Crippen molar-refractivity contribution in [1.29, 1.82) is 5.41 Å². The minimum atomic E-state index is -2.15. The molecule has 0 aliphatic rings. The van der Waals surface area contributed by atoms with Crippen LogP contribution in [0.4, 0.5) is 0 Å². The molecule has 4 aromatic rings. The molecule has 4 aromatic carbocycles. The van der Waals surface area contributed by atoms with Crippen LogP contribution < -0.4 is 108 Å². The number of phenolic OH excluding ortho intramolecular Hbond substituents is 4. The van der Waals surface area contributed by atoms with E-state index in [4.69, 9.17) is 27.7 Å². The number of unbranched alkanes of at least 4 members (excludes halogenated alkanes) is 1. The van der Waals surface area contributed by atoms with Gasteiger partial charge < -0.3 is 164 Å². The highest BCUT2D eigenvalue weighted by atomic mass is 16.4. The molecule has 0 unspecified atom stereocenters. The first-order valence-electron chi connectivity index (χ1n) is 43.3. The van der Waals surface area contributed by atoms with Gasteiger partial charge in [-0.05, 0) is 135 Å². The normalized spacial score (nSPS) is 14.5. The molecule has 0 radical (unpaired) electrons. The van der Waals surface area contributed by atoms with Crippen LogP contribution in [0.5, 0.6) is 23.0 Å². The summed E-state index contributed by atoms with van der Waals surface area (Å²) in [7, 11) is 0. The first kappa shape index (κ1) is 114. The molecule has 0 saturated carbocycles. The van der Waals surface area contributed by atoms with Crippen molar-refractivity contribution in [2.45, 2.75) is 202 Å². The largest absolute Gasteiger partial charge is 0.508 e. The van der Waals surface area contributed by atoms with Crippen LogP contribution >= 0.6 is 0 Å². The maximum absolute atomic E-state index is 14.9. The van der Waals surface area contributed by atoms with Gasteiger partial charge in [0.05, 0.1) is 57.9 Å². The smallest absolute Gasteiger partial charge is 0.322 e. The summed E-state index contributed by atoms with van der Waals surface area (Å²) in [6.45, 7) is 0.811. The Morgan fingerprint density at radius 1 is 0.336 bits per heavy atom. The fourth-order valence-electron chi connectivity index (χ4n) is 13.0. The number of aromatic hydroxyl groups is 4. The number of hydrogen-bond acceptors (Lipinski definition) is 30. The van der Waals surface area contributed by atoms with Crippen molar-refractivity contribution in [1.82, 2.24) is 90.4 Å². The molecule has 0 aliphatic heterocycles. The third-order valence-corrected chi connectivity index (χ3v) is 20.8. The van der Waals surface area contributed by atoms with E-state index in [0.717, 1.165) is 6.92 Å². The van der Waals surface area contributed by atoms with Gasteiger partial charge in [0.25, 0.3) is 0 Å². The van der Waals surface area contributed by atoms with Crippen LogP contribution in [-0.4, -0.2) is 318 Å². The monoisotopic (exact) mass is 1930 g/mol. The summed E-state index contributed by atoms with van der Waals surface area (Å²) >= 11 is 0. The summed E-state index contributed by atoms with van der Waals surface area (Å²) in [6, 6.07) is -3.88. The zero-order valence-electron chi connectivity index (χ0n) is 75.6. The predicted molar refractivity (Wildman–Crippen MR) is 481 cm³/mol. The van der Waals surface area contributed by atoms with E-state index >= 15 is 0 Å². The second-order valence-corrected chi connectivity index (χ2v) is 32.2. The lowest BCUT2D eigenvalue weighted by Gasteiger charge is -2.29. The van der Waals surface area contributed by atoms with Gasteiger partial charge in [-0.1, -0.05) is 82.6 Å². The van der Waals surface area contributed by atoms with Crippen molar-refractivity contribution in [3.63, 3.8) is 0 Å². The molecule has 0 saturated heterocycles. The fraction of sp³-hybridized carbons (Fsp3) is 0.488. The van der Waals surface area contributed by atoms with Crippen LogP contribution in [0.3, 0.4) is 0 Å². The molecule has 0 aliphatic carbocycles. The quantitative estimate of drug-likeness (QED) is 0.0111. The number of nitrogens with one attached hydrogen (secondary N) is 18. The van der Waals surface area contributed by atoms with Gasteiger partial charge in [0.1, 0.15) is 108 Å². The molecule has 16 amide bonds. The third-order valence-electron chi connectivity index (χ3n) is 20.8. The summed E-state index contributed by atoms with van der Waals surface area (Å²) in [5.74, 6) is -26.5. The van der Waals surface area contributed by atoms with Crippen LogP contribution in [0.25, 0.3) is 0 Å². The lowest BCUT2D eigenvalue weighted by Crippen LogP contribution is -2.62. The van der Waals surface area contributed by atoms with Crippen LogP contribution in [0.15, 0.2) is 97.1 Å². The standard InChI is InChI=1S/C86H123N21O30/c1-6-43(4)70(106-72(124)53(88)30-45-12-20-49(112)21-13-45)84(136)104-62(40-109)80(132)99-57(32-47-16-24-51(114)25-17-47)77(129)100-59(34-66(118)119)74(126)93-36-64(116)92-37-65(117)95-61(39-108)81(133)107-71(44(5)111)85(137)102-58(33-48-18-26-52(115)27-19-48)78(130)98-56(31-46-14-22-50(113)23-15-46)76(128)96-55(11-9-29-91-86(89)90)75(127)101-60(35-67(120)121)79(131)103-63(41-110)82(134)105-69(42(2)3)83(135)97-54(10-7-8-28-87)73(125)94-38-68(122)123/h12-27,42-44,53-63,69-71,108-115H,6-11,28-41,87-88H2,1-5H3,(H,92,116)(H,93,126)(H,94,125)(H,95,117)(H,96,128)(H,97,135)(H,98,130)(H,99,132)(H,100,129)(H,101,127)(H,102,137)(H,103,131)(H,104,136)(H,105,134)(H,106,124)(H,107,133)(H,118,119)(H,120,121)(H,122,123)(H4,89,90,91)/t43-,44+,53-,54-,55-,56-,57-,58-,59-,60-,61-,62-,63-,69-,70-,71-/m0/s1. The highest BCUT2D eigenvalue weighted by Gasteiger charge is 2.40. The summed E-state index contributed by atoms with van der Waals surface area (Å²) in [6.07, 6.45) is -5.44. The number of carboxylic acid groups (broad SMARTS) is 3. The number of aliphatic hydroxyl groups is 4. The Balaban J connectivity index is 1.53. The number of carbonyl (C=O) groups is 19. The van der Waals surface area contributed by atoms with E-state index in [2.05, 4.69) is 90.4 Å². The Morgan fingerprint density at radius 3 is 1.07 bits per heavy atom. The van der Waals surface area contributed by atoms with E-state index in [1.165, 1.54) is 111 Å². The molecule has 16 atom stereocenters. The van der Waals surface area contributed by atoms with E-state index in [1.807, 2.05) is 0 Å². The van der Waals surface area contributed by atoms with E-state index in [-0.39, 0.29) is 72.0 Å². The molecular formula is C86H123N21O30. The Labute approximate surface area is 784 Å². The Kier molecular flexibility index (Phi) is 48.6. The van der Waals surface area contributed by atoms with Crippen molar-refractivity contribution >= 4 is 118 Å². The second kappa shape index (κ2) is 58.2. The number of carboxylic acids is 3. The molecule has 4 rings (SSSR count). The van der Waals surface area contributed by atoms with Gasteiger partial charge in [-0.25, -0.2) is 0 Å². The second-order valence-electron chi connectivity index (χ2n) is 32.2. The zero-order valence-corrected chi connectivity index (χ0v) is 75.6. The van der Waals surface area contributed by atoms with Gasteiger partial charge in [0.15, 0.2) is 5.96 Å². The first-order chi connectivity index (χ1) is 64.7. The Bertz CT molecular complexity index is 4800. The molecule has 35 N–H and O–H groups in total. The topological polar surface area (TPSA) is 853 Å².